The van der Waals surface area contributed by atoms with Gasteiger partial charge in [-0.15, -0.1) is 0 Å². The average molecular weight is 526 g/mol. The summed E-state index contributed by atoms with van der Waals surface area (Å²) in [7, 11) is 3.22. The molecule has 1 aliphatic heterocycles. The summed E-state index contributed by atoms with van der Waals surface area (Å²) >= 11 is 0. The first-order valence-corrected chi connectivity index (χ1v) is 12.8. The number of piperidine rings is 1. The van der Waals surface area contributed by atoms with Crippen molar-refractivity contribution in [1.29, 1.82) is 0 Å². The van der Waals surface area contributed by atoms with E-state index >= 15 is 0 Å². The van der Waals surface area contributed by atoms with E-state index in [1.165, 1.54) is 10.9 Å². The highest BCUT2D eigenvalue weighted by molar-refractivity contribution is 6.09. The highest BCUT2D eigenvalue weighted by atomic mass is 16.5. The summed E-state index contributed by atoms with van der Waals surface area (Å²) in [5, 5.41) is 0.938. The quantitative estimate of drug-likeness (QED) is 0.345. The Morgan fingerprint density at radius 1 is 1.10 bits per heavy atom. The zero-order chi connectivity index (χ0) is 27.3. The lowest BCUT2D eigenvalue weighted by atomic mass is 9.89. The predicted molar refractivity (Wildman–Crippen MR) is 147 cm³/mol. The molecular weight excluding hydrogens is 498 g/mol. The lowest BCUT2D eigenvalue weighted by Crippen LogP contribution is -2.35. The van der Waals surface area contributed by atoms with Gasteiger partial charge in [-0.25, -0.2) is 14.8 Å². The summed E-state index contributed by atoms with van der Waals surface area (Å²) in [4.78, 5) is 51.9. The van der Waals surface area contributed by atoms with Gasteiger partial charge in [-0.3, -0.25) is 14.2 Å². The van der Waals surface area contributed by atoms with Crippen LogP contribution in [0.4, 0.5) is 5.82 Å². The molecule has 0 aliphatic carbocycles. The second-order valence-electron chi connectivity index (χ2n) is 9.90. The lowest BCUT2D eigenvalue weighted by Gasteiger charge is -2.32. The van der Waals surface area contributed by atoms with E-state index in [1.807, 2.05) is 31.2 Å². The smallest absolute Gasteiger partial charge is 0.419 e. The first kappa shape index (κ1) is 24.6. The van der Waals surface area contributed by atoms with Crippen LogP contribution in [0.1, 0.15) is 45.9 Å². The summed E-state index contributed by atoms with van der Waals surface area (Å²) in [5.74, 6) is 0.661. The zero-order valence-corrected chi connectivity index (χ0v) is 21.9. The van der Waals surface area contributed by atoms with Crippen molar-refractivity contribution < 1.29 is 13.9 Å². The van der Waals surface area contributed by atoms with Gasteiger partial charge in [-0.1, -0.05) is 12.1 Å². The molecule has 1 fully saturated rings. The predicted octanol–water partition coefficient (Wildman–Crippen LogP) is 3.70. The molecule has 0 spiro atoms. The van der Waals surface area contributed by atoms with E-state index in [4.69, 9.17) is 9.15 Å². The third-order valence-corrected chi connectivity index (χ3v) is 7.57. The van der Waals surface area contributed by atoms with Crippen LogP contribution in [-0.4, -0.2) is 45.5 Å². The van der Waals surface area contributed by atoms with Gasteiger partial charge in [0.1, 0.15) is 23.6 Å². The van der Waals surface area contributed by atoms with E-state index in [0.717, 1.165) is 29.4 Å². The molecule has 10 heteroatoms. The van der Waals surface area contributed by atoms with Crippen LogP contribution in [0.2, 0.25) is 0 Å². The standard InChI is InChI=1S/C29H27N5O5/c1-16-11-19(13-23-26(16)33(2)29(37)39-23)27(35)21-14-24(31-15-30-21)34-9-7-17(8-10-34)20-12-18-5-4-6-22(38-3)25(18)32-28(20)36/h4-6,11-15,17H,7-10H2,1-3H3,(H,32,36). The van der Waals surface area contributed by atoms with E-state index in [9.17, 15) is 14.4 Å². The fourth-order valence-electron chi connectivity index (χ4n) is 5.55. The number of para-hydroxylation sites is 1. The summed E-state index contributed by atoms with van der Waals surface area (Å²) in [5.41, 5.74) is 3.82. The molecule has 0 unspecified atom stereocenters. The number of benzene rings is 2. The molecule has 0 atom stereocenters. The molecule has 1 N–H and O–H groups in total. The summed E-state index contributed by atoms with van der Waals surface area (Å²) in [6.45, 7) is 3.21. The van der Waals surface area contributed by atoms with Crippen LogP contribution >= 0.6 is 0 Å². The number of hydrogen-bond donors (Lipinski definition) is 1. The molecule has 0 saturated carbocycles. The molecule has 4 heterocycles. The number of oxazole rings is 1. The van der Waals surface area contributed by atoms with Gasteiger partial charge in [0.25, 0.3) is 5.56 Å². The number of carbonyl (C=O) groups excluding carboxylic acids is 1. The number of anilines is 1. The number of aryl methyl sites for hydroxylation is 2. The van der Waals surface area contributed by atoms with Gasteiger partial charge in [0.2, 0.25) is 5.78 Å². The number of rotatable bonds is 5. The molecule has 6 rings (SSSR count). The number of nitrogens with zero attached hydrogens (tertiary/aromatic N) is 4. The van der Waals surface area contributed by atoms with Crippen LogP contribution in [0.15, 0.2) is 62.8 Å². The molecular formula is C29H27N5O5. The SMILES string of the molecule is COc1cccc2cc(C3CCN(c4cc(C(=O)c5cc(C)c6c(c5)oc(=O)n6C)ncn4)CC3)c(=O)[nH]c12. The minimum atomic E-state index is -0.476. The molecule has 0 bridgehead atoms. The van der Waals surface area contributed by atoms with Crippen LogP contribution in [0.5, 0.6) is 5.75 Å². The maximum absolute atomic E-state index is 13.3. The Bertz CT molecular complexity index is 1860. The van der Waals surface area contributed by atoms with Gasteiger partial charge < -0.3 is 19.0 Å². The number of H-pyrrole nitrogens is 1. The Labute approximate surface area is 222 Å². The molecule has 10 nitrogen and oxygen atoms in total. The topological polar surface area (TPSA) is 123 Å². The van der Waals surface area contributed by atoms with Crippen molar-refractivity contribution >= 4 is 33.6 Å². The van der Waals surface area contributed by atoms with E-state index in [-0.39, 0.29) is 23.0 Å². The molecule has 2 aromatic carbocycles. The van der Waals surface area contributed by atoms with Crippen molar-refractivity contribution in [2.45, 2.75) is 25.7 Å². The Morgan fingerprint density at radius 3 is 2.67 bits per heavy atom. The number of nitrogens with one attached hydrogen (secondary N) is 1. The first-order chi connectivity index (χ1) is 18.8. The zero-order valence-electron chi connectivity index (χ0n) is 21.9. The number of ether oxygens (including phenoxy) is 1. The van der Waals surface area contributed by atoms with Gasteiger partial charge in [-0.2, -0.15) is 0 Å². The summed E-state index contributed by atoms with van der Waals surface area (Å²) < 4.78 is 12.1. The lowest BCUT2D eigenvalue weighted by molar-refractivity contribution is 0.103. The van der Waals surface area contributed by atoms with Gasteiger partial charge in [0.05, 0.1) is 18.1 Å². The molecule has 1 aliphatic rings. The molecule has 5 aromatic rings. The van der Waals surface area contributed by atoms with E-state index in [1.54, 1.807) is 32.4 Å². The summed E-state index contributed by atoms with van der Waals surface area (Å²) in [6, 6.07) is 12.7. The fraction of sp³-hybridized carbons (Fsp3) is 0.276. The molecule has 0 amide bonds. The van der Waals surface area contributed by atoms with Crippen molar-refractivity contribution in [2.75, 3.05) is 25.1 Å². The first-order valence-electron chi connectivity index (χ1n) is 12.8. The van der Waals surface area contributed by atoms with Gasteiger partial charge in [0, 0.05) is 42.7 Å². The highest BCUT2D eigenvalue weighted by Crippen LogP contribution is 2.31. The van der Waals surface area contributed by atoms with Gasteiger partial charge >= 0.3 is 5.76 Å². The minimum absolute atomic E-state index is 0.0955. The number of carbonyl (C=O) groups is 1. The monoisotopic (exact) mass is 525 g/mol. The normalized spacial score (nSPS) is 14.3. The molecule has 1 saturated heterocycles. The molecule has 0 radical (unpaired) electrons. The van der Waals surface area contributed by atoms with Crippen molar-refractivity contribution in [3.05, 3.63) is 92.1 Å². The second-order valence-corrected chi connectivity index (χ2v) is 9.90. The van der Waals surface area contributed by atoms with Gasteiger partial charge in [-0.05, 0) is 55.5 Å². The van der Waals surface area contributed by atoms with E-state index < -0.39 is 5.76 Å². The number of aromatic nitrogens is 4. The average Bonchev–Trinajstić information content (AvgIpc) is 3.25. The Morgan fingerprint density at radius 2 is 1.90 bits per heavy atom. The largest absolute Gasteiger partial charge is 0.495 e. The Hall–Kier alpha value is -4.73. The fourth-order valence-corrected chi connectivity index (χ4v) is 5.55. The second kappa shape index (κ2) is 9.54. The number of fused-ring (bicyclic) bond motifs is 2. The van der Waals surface area contributed by atoms with Crippen LogP contribution < -0.4 is 21.0 Å². The van der Waals surface area contributed by atoms with Crippen molar-refractivity contribution in [3.63, 3.8) is 0 Å². The number of aromatic amines is 1. The maximum Gasteiger partial charge on any atom is 0.419 e. The number of methoxy groups -OCH3 is 1. The third kappa shape index (κ3) is 4.27. The molecule has 39 heavy (non-hydrogen) atoms. The van der Waals surface area contributed by atoms with Crippen molar-refractivity contribution in [1.82, 2.24) is 19.5 Å². The molecule has 198 valence electrons. The van der Waals surface area contributed by atoms with Crippen LogP contribution in [-0.2, 0) is 7.05 Å². The van der Waals surface area contributed by atoms with Crippen LogP contribution in [0.3, 0.4) is 0 Å². The number of ketones is 1. The minimum Gasteiger partial charge on any atom is -0.495 e. The number of hydrogen-bond acceptors (Lipinski definition) is 8. The molecule has 3 aromatic heterocycles. The van der Waals surface area contributed by atoms with E-state index in [0.29, 0.717) is 46.8 Å². The Kier molecular flexibility index (Phi) is 6.02. The Balaban J connectivity index is 1.21. The van der Waals surface area contributed by atoms with Crippen LogP contribution in [0, 0.1) is 6.92 Å². The van der Waals surface area contributed by atoms with Crippen LogP contribution in [0.25, 0.3) is 22.0 Å². The van der Waals surface area contributed by atoms with E-state index in [2.05, 4.69) is 19.9 Å². The summed E-state index contributed by atoms with van der Waals surface area (Å²) in [6.07, 6.45) is 2.94. The highest BCUT2D eigenvalue weighted by Gasteiger charge is 2.25. The van der Waals surface area contributed by atoms with Crippen molar-refractivity contribution in [2.24, 2.45) is 7.05 Å². The maximum atomic E-state index is 13.3. The number of pyridine rings is 1. The third-order valence-electron chi connectivity index (χ3n) is 7.57. The van der Waals surface area contributed by atoms with Crippen molar-refractivity contribution in [3.8, 4) is 5.75 Å². The van der Waals surface area contributed by atoms with Gasteiger partial charge in [0.15, 0.2) is 5.58 Å².